The summed E-state index contributed by atoms with van der Waals surface area (Å²) in [6, 6.07) is 14.5. The molecule has 1 aromatic heterocycles. The van der Waals surface area contributed by atoms with Crippen molar-refractivity contribution in [2.75, 3.05) is 16.4 Å². The predicted molar refractivity (Wildman–Crippen MR) is 120 cm³/mol. The van der Waals surface area contributed by atoms with Crippen LogP contribution in [0.5, 0.6) is 0 Å². The quantitative estimate of drug-likeness (QED) is 0.510. The average molecular weight is 444 g/mol. The van der Waals surface area contributed by atoms with Crippen molar-refractivity contribution in [1.82, 2.24) is 14.8 Å². The second-order valence-electron chi connectivity index (χ2n) is 6.53. The van der Waals surface area contributed by atoms with Gasteiger partial charge in [0.1, 0.15) is 5.82 Å². The van der Waals surface area contributed by atoms with Gasteiger partial charge >= 0.3 is 0 Å². The maximum atomic E-state index is 12.4. The molecule has 0 aliphatic rings. The van der Waals surface area contributed by atoms with Gasteiger partial charge in [-0.05, 0) is 49.7 Å². The number of nitrogens with zero attached hydrogens (tertiary/aromatic N) is 3. The van der Waals surface area contributed by atoms with Crippen molar-refractivity contribution in [3.05, 3.63) is 64.9 Å². The van der Waals surface area contributed by atoms with Crippen LogP contribution in [0.25, 0.3) is 0 Å². The molecule has 0 radical (unpaired) electrons. The predicted octanol–water partition coefficient (Wildman–Crippen LogP) is 4.17. The molecule has 0 bridgehead atoms. The molecule has 0 saturated carbocycles. The molecule has 0 unspecified atom stereocenters. The topological polar surface area (TPSA) is 88.9 Å². The van der Waals surface area contributed by atoms with E-state index in [1.54, 1.807) is 24.3 Å². The molecule has 156 valence electrons. The first-order chi connectivity index (χ1) is 14.5. The number of amides is 2. The summed E-state index contributed by atoms with van der Waals surface area (Å²) in [5.74, 6) is 0.412. The number of thioether (sulfide) groups is 1. The van der Waals surface area contributed by atoms with E-state index in [2.05, 4.69) is 20.8 Å². The van der Waals surface area contributed by atoms with Crippen LogP contribution >= 0.6 is 23.4 Å². The van der Waals surface area contributed by atoms with E-state index < -0.39 is 0 Å². The molecule has 0 spiro atoms. The number of aromatic nitrogens is 3. The fourth-order valence-corrected chi connectivity index (χ4v) is 3.73. The molecule has 0 saturated heterocycles. The zero-order valence-corrected chi connectivity index (χ0v) is 18.3. The number of carbonyl (C=O) groups is 2. The number of hydrogen-bond acceptors (Lipinski definition) is 5. The summed E-state index contributed by atoms with van der Waals surface area (Å²) in [5.41, 5.74) is 2.44. The van der Waals surface area contributed by atoms with E-state index in [0.29, 0.717) is 28.2 Å². The first-order valence-electron chi connectivity index (χ1n) is 9.42. The van der Waals surface area contributed by atoms with E-state index in [1.807, 2.05) is 42.7 Å². The minimum Gasteiger partial charge on any atom is -0.325 e. The Morgan fingerprint density at radius 1 is 1.03 bits per heavy atom. The zero-order valence-electron chi connectivity index (χ0n) is 16.7. The van der Waals surface area contributed by atoms with Crippen molar-refractivity contribution >= 4 is 46.6 Å². The van der Waals surface area contributed by atoms with Gasteiger partial charge in [-0.2, -0.15) is 0 Å². The smallest absolute Gasteiger partial charge is 0.234 e. The van der Waals surface area contributed by atoms with E-state index in [9.17, 15) is 9.59 Å². The van der Waals surface area contributed by atoms with Crippen LogP contribution in [0.1, 0.15) is 18.3 Å². The van der Waals surface area contributed by atoms with Gasteiger partial charge in [0.25, 0.3) is 0 Å². The Hall–Kier alpha value is -2.84. The Morgan fingerprint density at radius 3 is 2.47 bits per heavy atom. The second kappa shape index (κ2) is 10.3. The van der Waals surface area contributed by atoms with Crippen molar-refractivity contribution in [3.63, 3.8) is 0 Å². The number of carbonyl (C=O) groups excluding carboxylic acids is 2. The summed E-state index contributed by atoms with van der Waals surface area (Å²) in [6.07, 6.45) is 0.104. The molecule has 2 N–H and O–H groups in total. The van der Waals surface area contributed by atoms with Gasteiger partial charge in [0.2, 0.25) is 11.8 Å². The first kappa shape index (κ1) is 21.9. The van der Waals surface area contributed by atoms with Crippen molar-refractivity contribution in [3.8, 4) is 0 Å². The molecule has 0 aliphatic carbocycles. The minimum absolute atomic E-state index is 0.104. The Labute approximate surface area is 184 Å². The first-order valence-corrected chi connectivity index (χ1v) is 10.8. The van der Waals surface area contributed by atoms with Crippen LogP contribution < -0.4 is 10.6 Å². The SMILES string of the molecule is CCn1c(CC(=O)Nc2ccccc2C)nnc1SCC(=O)Nc1ccc(Cl)cc1. The summed E-state index contributed by atoms with van der Waals surface area (Å²) >= 11 is 7.13. The minimum atomic E-state index is -0.163. The fourth-order valence-electron chi connectivity index (χ4n) is 2.79. The van der Waals surface area contributed by atoms with Gasteiger partial charge in [0.15, 0.2) is 5.16 Å². The van der Waals surface area contributed by atoms with Gasteiger partial charge in [-0.15, -0.1) is 10.2 Å². The number of rotatable bonds is 8. The maximum absolute atomic E-state index is 12.4. The second-order valence-corrected chi connectivity index (χ2v) is 7.91. The summed E-state index contributed by atoms with van der Waals surface area (Å²) in [7, 11) is 0. The van der Waals surface area contributed by atoms with Crippen LogP contribution in [-0.2, 0) is 22.6 Å². The van der Waals surface area contributed by atoms with Crippen molar-refractivity contribution < 1.29 is 9.59 Å². The number of hydrogen-bond donors (Lipinski definition) is 2. The van der Waals surface area contributed by atoms with Gasteiger partial charge in [0.05, 0.1) is 12.2 Å². The lowest BCUT2D eigenvalue weighted by atomic mass is 10.2. The monoisotopic (exact) mass is 443 g/mol. The largest absolute Gasteiger partial charge is 0.325 e. The van der Waals surface area contributed by atoms with E-state index in [-0.39, 0.29) is 24.0 Å². The average Bonchev–Trinajstić information content (AvgIpc) is 3.11. The number of aryl methyl sites for hydroxylation is 1. The highest BCUT2D eigenvalue weighted by atomic mass is 35.5. The van der Waals surface area contributed by atoms with Crippen LogP contribution in [0.2, 0.25) is 5.02 Å². The molecule has 0 fully saturated rings. The lowest BCUT2D eigenvalue weighted by Gasteiger charge is -2.09. The van der Waals surface area contributed by atoms with E-state index in [0.717, 1.165) is 11.3 Å². The number of anilines is 2. The number of para-hydroxylation sites is 1. The van der Waals surface area contributed by atoms with Crippen LogP contribution in [0.3, 0.4) is 0 Å². The van der Waals surface area contributed by atoms with Crippen LogP contribution in [0.15, 0.2) is 53.7 Å². The third kappa shape index (κ3) is 5.84. The lowest BCUT2D eigenvalue weighted by molar-refractivity contribution is -0.116. The summed E-state index contributed by atoms with van der Waals surface area (Å²) in [6.45, 7) is 4.49. The zero-order chi connectivity index (χ0) is 21.5. The molecule has 2 aromatic carbocycles. The summed E-state index contributed by atoms with van der Waals surface area (Å²) in [4.78, 5) is 24.6. The molecule has 2 amide bonds. The molecule has 9 heteroatoms. The Kier molecular flexibility index (Phi) is 7.48. The van der Waals surface area contributed by atoms with Crippen molar-refractivity contribution in [2.45, 2.75) is 32.0 Å². The van der Waals surface area contributed by atoms with Crippen molar-refractivity contribution in [2.24, 2.45) is 0 Å². The number of benzene rings is 2. The highest BCUT2D eigenvalue weighted by molar-refractivity contribution is 7.99. The van der Waals surface area contributed by atoms with E-state index in [1.165, 1.54) is 11.8 Å². The van der Waals surface area contributed by atoms with Crippen molar-refractivity contribution in [1.29, 1.82) is 0 Å². The molecular formula is C21H22ClN5O2S. The number of nitrogens with one attached hydrogen (secondary N) is 2. The van der Waals surface area contributed by atoms with E-state index in [4.69, 9.17) is 11.6 Å². The number of halogens is 1. The normalized spacial score (nSPS) is 10.6. The molecule has 0 atom stereocenters. The molecule has 1 heterocycles. The molecule has 3 aromatic rings. The molecule has 3 rings (SSSR count). The molecular weight excluding hydrogens is 422 g/mol. The fraction of sp³-hybridized carbons (Fsp3) is 0.238. The standard InChI is InChI=1S/C21H22ClN5O2S/c1-3-27-18(12-19(28)24-17-7-5-4-6-14(17)2)25-26-21(27)30-13-20(29)23-16-10-8-15(22)9-11-16/h4-11H,3,12-13H2,1-2H3,(H,23,29)(H,24,28). The highest BCUT2D eigenvalue weighted by Crippen LogP contribution is 2.19. The molecule has 0 aliphatic heterocycles. The van der Waals surface area contributed by atoms with Crippen LogP contribution in [0, 0.1) is 6.92 Å². The maximum Gasteiger partial charge on any atom is 0.234 e. The Morgan fingerprint density at radius 2 is 1.77 bits per heavy atom. The van der Waals surface area contributed by atoms with Crippen LogP contribution in [0.4, 0.5) is 11.4 Å². The van der Waals surface area contributed by atoms with Gasteiger partial charge in [-0.3, -0.25) is 9.59 Å². The Bertz CT molecular complexity index is 1040. The lowest BCUT2D eigenvalue weighted by Crippen LogP contribution is -2.18. The van der Waals surface area contributed by atoms with Gasteiger partial charge in [-0.1, -0.05) is 41.6 Å². The van der Waals surface area contributed by atoms with Gasteiger partial charge in [0, 0.05) is 22.9 Å². The summed E-state index contributed by atoms with van der Waals surface area (Å²) in [5, 5.41) is 15.2. The van der Waals surface area contributed by atoms with Crippen LogP contribution in [-0.4, -0.2) is 32.3 Å². The Balaban J connectivity index is 1.58. The highest BCUT2D eigenvalue weighted by Gasteiger charge is 2.16. The molecule has 7 nitrogen and oxygen atoms in total. The van der Waals surface area contributed by atoms with Gasteiger partial charge < -0.3 is 15.2 Å². The molecule has 30 heavy (non-hydrogen) atoms. The van der Waals surface area contributed by atoms with E-state index >= 15 is 0 Å². The van der Waals surface area contributed by atoms with Gasteiger partial charge in [-0.25, -0.2) is 0 Å². The third-order valence-electron chi connectivity index (χ3n) is 4.31. The summed E-state index contributed by atoms with van der Waals surface area (Å²) < 4.78 is 1.84. The third-order valence-corrected chi connectivity index (χ3v) is 5.53.